The van der Waals surface area contributed by atoms with Crippen LogP contribution >= 0.6 is 12.4 Å². The summed E-state index contributed by atoms with van der Waals surface area (Å²) in [5, 5.41) is 3.22. The van der Waals surface area contributed by atoms with E-state index in [1.54, 1.807) is 0 Å². The van der Waals surface area contributed by atoms with E-state index >= 15 is 0 Å². The molecule has 1 aromatic rings. The molecule has 0 radical (unpaired) electrons. The molecule has 2 rings (SSSR count). The summed E-state index contributed by atoms with van der Waals surface area (Å²) < 4.78 is 5.69. The van der Waals surface area contributed by atoms with Crippen LogP contribution in [0.1, 0.15) is 32.8 Å². The van der Waals surface area contributed by atoms with Crippen LogP contribution in [0.3, 0.4) is 0 Å². The number of halogens is 1. The highest BCUT2D eigenvalue weighted by atomic mass is 35.5. The Morgan fingerprint density at radius 1 is 1.28 bits per heavy atom. The van der Waals surface area contributed by atoms with Crippen molar-refractivity contribution in [3.63, 3.8) is 0 Å². The van der Waals surface area contributed by atoms with Gasteiger partial charge in [0.1, 0.15) is 6.10 Å². The van der Waals surface area contributed by atoms with Crippen LogP contribution in [0, 0.1) is 6.92 Å². The topological polar surface area (TPSA) is 33.6 Å². The average molecular weight is 269 g/mol. The lowest BCUT2D eigenvalue weighted by molar-refractivity contribution is 0.144. The largest absolute Gasteiger partial charge is 0.462 e. The van der Waals surface area contributed by atoms with Gasteiger partial charge >= 0.3 is 0 Å². The van der Waals surface area contributed by atoms with Crippen molar-refractivity contribution in [3.8, 4) is 0 Å². The second-order valence-electron chi connectivity index (χ2n) is 5.35. The number of ether oxygens (including phenoxy) is 1. The summed E-state index contributed by atoms with van der Waals surface area (Å²) in [7, 11) is 0. The Kier molecular flexibility index (Phi) is 4.63. The molecule has 0 fully saturated rings. The van der Waals surface area contributed by atoms with Crippen LogP contribution in [0.25, 0.3) is 0 Å². The number of hydrogen-bond donors (Lipinski definition) is 1. The molecule has 3 nitrogen and oxygen atoms in total. The quantitative estimate of drug-likeness (QED) is 0.841. The smallest absolute Gasteiger partial charge is 0.289 e. The lowest BCUT2D eigenvalue weighted by atomic mass is 9.97. The molecule has 0 amide bonds. The van der Waals surface area contributed by atoms with Gasteiger partial charge in [-0.15, -0.1) is 12.4 Å². The minimum Gasteiger partial charge on any atom is -0.462 e. The molecule has 1 aromatic carbocycles. The van der Waals surface area contributed by atoms with Crippen LogP contribution in [-0.4, -0.2) is 17.7 Å². The van der Waals surface area contributed by atoms with Crippen molar-refractivity contribution in [2.45, 2.75) is 45.8 Å². The van der Waals surface area contributed by atoms with Crippen molar-refractivity contribution in [1.82, 2.24) is 0 Å². The zero-order valence-corrected chi connectivity index (χ0v) is 12.2. The molecule has 0 aromatic heterocycles. The fourth-order valence-corrected chi connectivity index (χ4v) is 2.10. The van der Waals surface area contributed by atoms with E-state index in [9.17, 15) is 0 Å². The van der Waals surface area contributed by atoms with Crippen molar-refractivity contribution >= 4 is 24.1 Å². The van der Waals surface area contributed by atoms with Crippen molar-refractivity contribution in [1.29, 1.82) is 0 Å². The number of nitrogens with one attached hydrogen (secondary N) is 1. The second kappa shape index (κ2) is 5.61. The van der Waals surface area contributed by atoms with E-state index in [-0.39, 0.29) is 24.0 Å². The predicted molar refractivity (Wildman–Crippen MR) is 78.7 cm³/mol. The van der Waals surface area contributed by atoms with Crippen molar-refractivity contribution < 1.29 is 4.74 Å². The first-order valence-corrected chi connectivity index (χ1v) is 6.05. The zero-order valence-electron chi connectivity index (χ0n) is 11.4. The highest BCUT2D eigenvalue weighted by Crippen LogP contribution is 2.24. The Hall–Kier alpha value is -1.22. The lowest BCUT2D eigenvalue weighted by Gasteiger charge is -2.31. The molecule has 1 unspecified atom stereocenters. The third kappa shape index (κ3) is 3.91. The number of aryl methyl sites for hydroxylation is 1. The summed E-state index contributed by atoms with van der Waals surface area (Å²) in [5.74, 6) is 0. The normalized spacial score (nSPS) is 21.3. The molecule has 0 saturated heterocycles. The van der Waals surface area contributed by atoms with E-state index in [1.807, 2.05) is 12.1 Å². The standard InChI is InChI=1S/C14H20N2O.ClH/c1-10-5-7-12(8-6-10)15-13-16-14(3,4)9-11(2)17-13;/h5-8,11H,9H2,1-4H3,(H,15,16);1H. The van der Waals surface area contributed by atoms with Crippen molar-refractivity contribution in [3.05, 3.63) is 29.8 Å². The molecule has 0 bridgehead atoms. The van der Waals surface area contributed by atoms with Crippen LogP contribution in [0.2, 0.25) is 0 Å². The Balaban J connectivity index is 0.00000162. The third-order valence-corrected chi connectivity index (χ3v) is 2.81. The maximum atomic E-state index is 5.69. The van der Waals surface area contributed by atoms with Gasteiger partial charge in [0.15, 0.2) is 0 Å². The van der Waals surface area contributed by atoms with Crippen molar-refractivity contribution in [2.24, 2.45) is 4.99 Å². The van der Waals surface area contributed by atoms with Gasteiger partial charge in [-0.3, -0.25) is 0 Å². The molecule has 1 aliphatic heterocycles. The van der Waals surface area contributed by atoms with Crippen LogP contribution in [0.5, 0.6) is 0 Å². The van der Waals surface area contributed by atoms with Crippen LogP contribution < -0.4 is 5.32 Å². The zero-order chi connectivity index (χ0) is 12.5. The fourth-order valence-electron chi connectivity index (χ4n) is 2.10. The van der Waals surface area contributed by atoms with Crippen LogP contribution in [0.15, 0.2) is 29.3 Å². The minimum atomic E-state index is -0.0509. The first kappa shape index (κ1) is 14.8. The maximum absolute atomic E-state index is 5.69. The number of amidine groups is 1. The SMILES string of the molecule is Cc1ccc(NC2=NC(C)(C)CC(C)O2)cc1.Cl. The summed E-state index contributed by atoms with van der Waals surface area (Å²) in [6.45, 7) is 8.41. The Morgan fingerprint density at radius 3 is 2.44 bits per heavy atom. The highest BCUT2D eigenvalue weighted by molar-refractivity contribution is 5.89. The Labute approximate surface area is 115 Å². The Morgan fingerprint density at radius 2 is 1.89 bits per heavy atom. The van der Waals surface area contributed by atoms with Crippen LogP contribution in [-0.2, 0) is 4.74 Å². The molecule has 0 aliphatic carbocycles. The molecular weight excluding hydrogens is 248 g/mol. The molecule has 1 heterocycles. The fraction of sp³-hybridized carbons (Fsp3) is 0.500. The minimum absolute atomic E-state index is 0. The monoisotopic (exact) mass is 268 g/mol. The number of aliphatic imine (C=N–C) groups is 1. The summed E-state index contributed by atoms with van der Waals surface area (Å²) >= 11 is 0. The van der Waals surface area contributed by atoms with E-state index in [4.69, 9.17) is 4.74 Å². The van der Waals surface area contributed by atoms with E-state index < -0.39 is 0 Å². The van der Waals surface area contributed by atoms with Gasteiger partial charge in [0, 0.05) is 12.1 Å². The van der Waals surface area contributed by atoms with Gasteiger partial charge in [-0.2, -0.15) is 0 Å². The molecule has 0 spiro atoms. The molecule has 4 heteroatoms. The van der Waals surface area contributed by atoms with Gasteiger partial charge < -0.3 is 10.1 Å². The molecule has 100 valence electrons. The first-order chi connectivity index (χ1) is 7.94. The third-order valence-electron chi connectivity index (χ3n) is 2.81. The molecule has 1 atom stereocenters. The first-order valence-electron chi connectivity index (χ1n) is 6.05. The summed E-state index contributed by atoms with van der Waals surface area (Å²) in [6, 6.07) is 8.83. The molecule has 18 heavy (non-hydrogen) atoms. The molecule has 1 N–H and O–H groups in total. The van der Waals surface area contributed by atoms with E-state index in [0.717, 1.165) is 12.1 Å². The highest BCUT2D eigenvalue weighted by Gasteiger charge is 2.28. The molecule has 0 saturated carbocycles. The molecular formula is C14H21ClN2O. The summed E-state index contributed by atoms with van der Waals surface area (Å²) in [5.41, 5.74) is 2.21. The maximum Gasteiger partial charge on any atom is 0.289 e. The predicted octanol–water partition coefficient (Wildman–Crippen LogP) is 3.77. The number of anilines is 1. The number of rotatable bonds is 1. The number of benzene rings is 1. The van der Waals surface area contributed by atoms with Gasteiger partial charge in [0.05, 0.1) is 5.54 Å². The van der Waals surface area contributed by atoms with E-state index in [2.05, 4.69) is 50.1 Å². The van der Waals surface area contributed by atoms with Gasteiger partial charge in [0.25, 0.3) is 6.02 Å². The average Bonchev–Trinajstić information content (AvgIpc) is 2.18. The lowest BCUT2D eigenvalue weighted by Crippen LogP contribution is -2.36. The van der Waals surface area contributed by atoms with Gasteiger partial charge in [-0.1, -0.05) is 17.7 Å². The van der Waals surface area contributed by atoms with Gasteiger partial charge in [0.2, 0.25) is 0 Å². The second-order valence-corrected chi connectivity index (χ2v) is 5.35. The van der Waals surface area contributed by atoms with Gasteiger partial charge in [-0.25, -0.2) is 4.99 Å². The van der Waals surface area contributed by atoms with Crippen molar-refractivity contribution in [2.75, 3.05) is 5.32 Å². The van der Waals surface area contributed by atoms with E-state index in [0.29, 0.717) is 6.02 Å². The van der Waals surface area contributed by atoms with E-state index in [1.165, 1.54) is 5.56 Å². The number of hydrogen-bond acceptors (Lipinski definition) is 3. The molecule has 1 aliphatic rings. The van der Waals surface area contributed by atoms with Gasteiger partial charge in [-0.05, 0) is 39.8 Å². The Bertz CT molecular complexity index is 426. The summed E-state index contributed by atoms with van der Waals surface area (Å²) in [4.78, 5) is 4.57. The number of nitrogens with zero attached hydrogens (tertiary/aromatic N) is 1. The van der Waals surface area contributed by atoms with Crippen LogP contribution in [0.4, 0.5) is 5.69 Å². The summed E-state index contributed by atoms with van der Waals surface area (Å²) in [6.07, 6.45) is 1.15.